The highest BCUT2D eigenvalue weighted by molar-refractivity contribution is 5.49. The van der Waals surface area contributed by atoms with Crippen molar-refractivity contribution in [3.8, 4) is 0 Å². The Morgan fingerprint density at radius 2 is 1.87 bits per heavy atom. The summed E-state index contributed by atoms with van der Waals surface area (Å²) in [6.45, 7) is 1.96. The normalized spacial score (nSPS) is 26.0. The fourth-order valence-electron chi connectivity index (χ4n) is 3.79. The lowest BCUT2D eigenvalue weighted by Crippen LogP contribution is -2.28. The molecule has 5 heteroatoms. The molecule has 1 heterocycles. The van der Waals surface area contributed by atoms with E-state index < -0.39 is 12.3 Å². The SMILES string of the molecule is CO[C@H](c1ccc(N2CCC3(CC=CCC3)C2)cc1)C(F)(F)F. The molecule has 1 aromatic carbocycles. The second kappa shape index (κ2) is 6.19. The van der Waals surface area contributed by atoms with E-state index >= 15 is 0 Å². The second-order valence-corrected chi connectivity index (χ2v) is 6.63. The molecule has 126 valence electrons. The van der Waals surface area contributed by atoms with E-state index in [1.54, 1.807) is 12.1 Å². The van der Waals surface area contributed by atoms with E-state index in [0.717, 1.165) is 45.1 Å². The first kappa shape index (κ1) is 16.4. The fraction of sp³-hybridized carbons (Fsp3) is 0.556. The molecule has 0 aromatic heterocycles. The lowest BCUT2D eigenvalue weighted by atomic mass is 9.76. The number of benzene rings is 1. The summed E-state index contributed by atoms with van der Waals surface area (Å²) in [5, 5.41) is 0. The molecule has 0 saturated carbocycles. The number of halogens is 3. The molecule has 0 N–H and O–H groups in total. The number of hydrogen-bond acceptors (Lipinski definition) is 2. The van der Waals surface area contributed by atoms with Gasteiger partial charge in [0.2, 0.25) is 0 Å². The van der Waals surface area contributed by atoms with Gasteiger partial charge in [-0.05, 0) is 48.8 Å². The zero-order chi connectivity index (χ0) is 16.5. The smallest absolute Gasteiger partial charge is 0.371 e. The molecule has 2 nitrogen and oxygen atoms in total. The predicted molar refractivity (Wildman–Crippen MR) is 84.5 cm³/mol. The molecule has 0 radical (unpaired) electrons. The summed E-state index contributed by atoms with van der Waals surface area (Å²) in [5.74, 6) is 0. The van der Waals surface area contributed by atoms with E-state index in [9.17, 15) is 13.2 Å². The monoisotopic (exact) mass is 325 g/mol. The molecular formula is C18H22F3NO. The maximum atomic E-state index is 12.9. The second-order valence-electron chi connectivity index (χ2n) is 6.63. The molecule has 1 aliphatic heterocycles. The molecule has 1 fully saturated rings. The third kappa shape index (κ3) is 3.39. The van der Waals surface area contributed by atoms with Crippen LogP contribution >= 0.6 is 0 Å². The van der Waals surface area contributed by atoms with E-state index in [2.05, 4.69) is 21.8 Å². The number of ether oxygens (including phenoxy) is 1. The van der Waals surface area contributed by atoms with Gasteiger partial charge in [0.15, 0.2) is 6.10 Å². The van der Waals surface area contributed by atoms with Gasteiger partial charge in [-0.15, -0.1) is 0 Å². The first-order valence-corrected chi connectivity index (χ1v) is 8.03. The van der Waals surface area contributed by atoms with Gasteiger partial charge in [0.05, 0.1) is 0 Å². The summed E-state index contributed by atoms with van der Waals surface area (Å²) < 4.78 is 43.3. The Morgan fingerprint density at radius 1 is 1.13 bits per heavy atom. The molecule has 1 spiro atoms. The van der Waals surface area contributed by atoms with Gasteiger partial charge in [-0.2, -0.15) is 13.2 Å². The minimum atomic E-state index is -4.39. The van der Waals surface area contributed by atoms with Gasteiger partial charge in [0, 0.05) is 25.9 Å². The molecule has 3 rings (SSSR count). The number of alkyl halides is 3. The quantitative estimate of drug-likeness (QED) is 0.735. The van der Waals surface area contributed by atoms with Crippen molar-refractivity contribution in [3.05, 3.63) is 42.0 Å². The topological polar surface area (TPSA) is 12.5 Å². The maximum absolute atomic E-state index is 12.9. The molecule has 1 aliphatic carbocycles. The Morgan fingerprint density at radius 3 is 2.43 bits per heavy atom. The summed E-state index contributed by atoms with van der Waals surface area (Å²) in [5.41, 5.74) is 1.50. The van der Waals surface area contributed by atoms with E-state index in [-0.39, 0.29) is 5.56 Å². The van der Waals surface area contributed by atoms with E-state index in [1.807, 2.05) is 0 Å². The van der Waals surface area contributed by atoms with Crippen LogP contribution in [0.5, 0.6) is 0 Å². The van der Waals surface area contributed by atoms with Gasteiger partial charge in [-0.3, -0.25) is 0 Å². The third-order valence-electron chi connectivity index (χ3n) is 5.09. The van der Waals surface area contributed by atoms with Crippen LogP contribution < -0.4 is 4.90 Å². The van der Waals surface area contributed by atoms with Crippen LogP contribution in [-0.4, -0.2) is 26.4 Å². The van der Waals surface area contributed by atoms with Crippen molar-refractivity contribution in [2.75, 3.05) is 25.1 Å². The Balaban J connectivity index is 1.72. The Hall–Kier alpha value is -1.49. The zero-order valence-corrected chi connectivity index (χ0v) is 13.3. The number of anilines is 1. The van der Waals surface area contributed by atoms with Gasteiger partial charge in [0.1, 0.15) is 0 Å². The lowest BCUT2D eigenvalue weighted by molar-refractivity contribution is -0.215. The molecule has 1 unspecified atom stereocenters. The Bertz CT molecular complexity index is 567. The highest BCUT2D eigenvalue weighted by atomic mass is 19.4. The minimum absolute atomic E-state index is 0.151. The number of hydrogen-bond donors (Lipinski definition) is 0. The largest absolute Gasteiger partial charge is 0.418 e. The first-order valence-electron chi connectivity index (χ1n) is 8.03. The van der Waals surface area contributed by atoms with Crippen molar-refractivity contribution in [2.45, 2.75) is 38.0 Å². The molecule has 23 heavy (non-hydrogen) atoms. The van der Waals surface area contributed by atoms with Crippen LogP contribution in [0.15, 0.2) is 36.4 Å². The van der Waals surface area contributed by atoms with Gasteiger partial charge in [0.25, 0.3) is 0 Å². The standard InChI is InChI=1S/C18H22F3NO/c1-23-16(18(19,20)21)14-5-7-15(8-6-14)22-12-11-17(13-22)9-3-2-4-10-17/h2-3,5-8,16H,4,9-13H2,1H3/t16-,17?/m1/s1. The van der Waals surface area contributed by atoms with E-state index in [0.29, 0.717) is 5.41 Å². The molecule has 0 bridgehead atoms. The van der Waals surface area contributed by atoms with Crippen molar-refractivity contribution in [1.82, 2.24) is 0 Å². The van der Waals surface area contributed by atoms with Crippen molar-refractivity contribution < 1.29 is 17.9 Å². The average molecular weight is 325 g/mol. The molecule has 1 aromatic rings. The van der Waals surface area contributed by atoms with E-state index in [4.69, 9.17) is 0 Å². The highest BCUT2D eigenvalue weighted by Crippen LogP contribution is 2.43. The van der Waals surface area contributed by atoms with Crippen LogP contribution in [-0.2, 0) is 4.74 Å². The number of allylic oxidation sites excluding steroid dienone is 2. The van der Waals surface area contributed by atoms with Crippen molar-refractivity contribution in [3.63, 3.8) is 0 Å². The highest BCUT2D eigenvalue weighted by Gasteiger charge is 2.41. The maximum Gasteiger partial charge on any atom is 0.418 e. The van der Waals surface area contributed by atoms with Gasteiger partial charge in [-0.25, -0.2) is 0 Å². The van der Waals surface area contributed by atoms with Crippen LogP contribution in [0.3, 0.4) is 0 Å². The van der Waals surface area contributed by atoms with E-state index in [1.165, 1.54) is 18.6 Å². The number of nitrogens with zero attached hydrogens (tertiary/aromatic N) is 1. The van der Waals surface area contributed by atoms with Crippen LogP contribution in [0.25, 0.3) is 0 Å². The summed E-state index contributed by atoms with van der Waals surface area (Å²) >= 11 is 0. The molecule has 0 amide bonds. The molecule has 2 aliphatic rings. The van der Waals surface area contributed by atoms with Crippen LogP contribution in [0, 0.1) is 5.41 Å². The predicted octanol–water partition coefficient (Wildman–Crippen LogP) is 4.87. The zero-order valence-electron chi connectivity index (χ0n) is 13.3. The van der Waals surface area contributed by atoms with Crippen molar-refractivity contribution in [2.24, 2.45) is 5.41 Å². The lowest BCUT2D eigenvalue weighted by Gasteiger charge is -2.31. The molecule has 1 saturated heterocycles. The summed E-state index contributed by atoms with van der Waals surface area (Å²) in [7, 11) is 1.09. The Labute approximate surface area is 134 Å². The third-order valence-corrected chi connectivity index (χ3v) is 5.09. The van der Waals surface area contributed by atoms with Crippen LogP contribution in [0.4, 0.5) is 18.9 Å². The minimum Gasteiger partial charge on any atom is -0.371 e. The summed E-state index contributed by atoms with van der Waals surface area (Å²) in [6, 6.07) is 6.63. The van der Waals surface area contributed by atoms with Gasteiger partial charge < -0.3 is 9.64 Å². The average Bonchev–Trinajstić information content (AvgIpc) is 2.91. The molecular weight excluding hydrogens is 303 g/mol. The summed E-state index contributed by atoms with van der Waals surface area (Å²) in [6.07, 6.45) is 2.87. The van der Waals surface area contributed by atoms with Crippen LogP contribution in [0.2, 0.25) is 0 Å². The Kier molecular flexibility index (Phi) is 4.41. The van der Waals surface area contributed by atoms with Gasteiger partial charge in [-0.1, -0.05) is 24.3 Å². The number of rotatable bonds is 3. The van der Waals surface area contributed by atoms with Crippen LogP contribution in [0.1, 0.15) is 37.4 Å². The number of methoxy groups -OCH3 is 1. The summed E-state index contributed by atoms with van der Waals surface area (Å²) in [4.78, 5) is 2.29. The fourth-order valence-corrected chi connectivity index (χ4v) is 3.79. The van der Waals surface area contributed by atoms with Crippen molar-refractivity contribution in [1.29, 1.82) is 0 Å². The van der Waals surface area contributed by atoms with Gasteiger partial charge >= 0.3 is 6.18 Å². The molecule has 2 atom stereocenters. The van der Waals surface area contributed by atoms with Crippen molar-refractivity contribution >= 4 is 5.69 Å². The first-order chi connectivity index (χ1) is 10.9.